The molecule has 0 radical (unpaired) electrons. The molecular formula is C23H26ClN3O4Si. The molecule has 0 unspecified atom stereocenters. The normalized spacial score (nSPS) is 11.9. The van der Waals surface area contributed by atoms with Gasteiger partial charge in [-0.3, -0.25) is 0 Å². The fourth-order valence-electron chi connectivity index (χ4n) is 3.37. The van der Waals surface area contributed by atoms with Gasteiger partial charge in [0, 0.05) is 36.2 Å². The molecule has 32 heavy (non-hydrogen) atoms. The zero-order valence-corrected chi connectivity index (χ0v) is 20.3. The van der Waals surface area contributed by atoms with E-state index in [0.717, 1.165) is 29.2 Å². The lowest BCUT2D eigenvalue weighted by Gasteiger charge is -2.15. The van der Waals surface area contributed by atoms with Gasteiger partial charge in [0.15, 0.2) is 0 Å². The molecule has 0 saturated carbocycles. The number of ether oxygens (including phenoxy) is 2. The number of methoxy groups -OCH3 is 1. The molecule has 9 heteroatoms. The predicted molar refractivity (Wildman–Crippen MR) is 130 cm³/mol. The molecule has 2 aromatic heterocycles. The summed E-state index contributed by atoms with van der Waals surface area (Å²) in [5.74, 6) is -0.472. The molecule has 2 heterocycles. The molecule has 7 nitrogen and oxygen atoms in total. The first kappa shape index (κ1) is 22.4. The molecule has 0 aliphatic rings. The van der Waals surface area contributed by atoms with Gasteiger partial charge in [0.1, 0.15) is 18.0 Å². The first-order chi connectivity index (χ1) is 15.2. The zero-order chi connectivity index (χ0) is 22.9. The van der Waals surface area contributed by atoms with Crippen LogP contribution in [0.3, 0.4) is 0 Å². The van der Waals surface area contributed by atoms with Gasteiger partial charge < -0.3 is 19.2 Å². The number of carbonyl (C=O) groups is 1. The quantitative estimate of drug-likeness (QED) is 0.185. The van der Waals surface area contributed by atoms with Crippen LogP contribution >= 0.6 is 11.6 Å². The van der Waals surface area contributed by atoms with E-state index in [1.807, 2.05) is 22.9 Å². The van der Waals surface area contributed by atoms with Crippen LogP contribution in [0, 0.1) is 0 Å². The standard InChI is InChI=1S/C23H26ClN3O4Si/c1-29-23(28)22-21(18-12-16(24)5-8-20(18)31-22)26-17-6-7-19-15(11-17)13-25-27(19)14-30-9-10-32(2,3)4/h5-8,11-13,26H,9-10,14H2,1-4H3. The molecule has 0 amide bonds. The third-order valence-corrected chi connectivity index (χ3v) is 7.08. The third-order valence-electron chi connectivity index (χ3n) is 5.14. The lowest BCUT2D eigenvalue weighted by Crippen LogP contribution is -2.22. The first-order valence-corrected chi connectivity index (χ1v) is 14.4. The van der Waals surface area contributed by atoms with Crippen molar-refractivity contribution in [1.29, 1.82) is 0 Å². The maximum absolute atomic E-state index is 12.3. The van der Waals surface area contributed by atoms with Gasteiger partial charge in [0.2, 0.25) is 5.76 Å². The Morgan fingerprint density at radius 1 is 1.22 bits per heavy atom. The van der Waals surface area contributed by atoms with Gasteiger partial charge in [0.05, 0.1) is 18.8 Å². The van der Waals surface area contributed by atoms with E-state index in [0.29, 0.717) is 28.4 Å². The third kappa shape index (κ3) is 4.82. The number of furan rings is 1. The molecule has 0 fully saturated rings. The number of fused-ring (bicyclic) bond motifs is 2. The van der Waals surface area contributed by atoms with Gasteiger partial charge in [-0.15, -0.1) is 0 Å². The van der Waals surface area contributed by atoms with E-state index in [9.17, 15) is 4.79 Å². The van der Waals surface area contributed by atoms with Crippen LogP contribution in [0.4, 0.5) is 11.4 Å². The average molecular weight is 472 g/mol. The minimum absolute atomic E-state index is 0.0938. The number of nitrogens with one attached hydrogen (secondary N) is 1. The summed E-state index contributed by atoms with van der Waals surface area (Å²) in [5.41, 5.74) is 2.80. The number of anilines is 2. The lowest BCUT2D eigenvalue weighted by atomic mass is 10.2. The van der Waals surface area contributed by atoms with Crippen LogP contribution in [0.2, 0.25) is 30.7 Å². The highest BCUT2D eigenvalue weighted by Crippen LogP contribution is 2.36. The van der Waals surface area contributed by atoms with Crippen LogP contribution in [0.15, 0.2) is 47.0 Å². The van der Waals surface area contributed by atoms with Crippen molar-refractivity contribution < 1.29 is 18.7 Å². The zero-order valence-electron chi connectivity index (χ0n) is 18.6. The Labute approximate surface area is 192 Å². The van der Waals surface area contributed by atoms with Gasteiger partial charge in [-0.25, -0.2) is 9.48 Å². The summed E-state index contributed by atoms with van der Waals surface area (Å²) in [7, 11) is 0.195. The first-order valence-electron chi connectivity index (χ1n) is 10.4. The monoisotopic (exact) mass is 471 g/mol. The van der Waals surface area contributed by atoms with Crippen LogP contribution in [0.5, 0.6) is 0 Å². The topological polar surface area (TPSA) is 78.5 Å². The van der Waals surface area contributed by atoms with Crippen molar-refractivity contribution in [2.45, 2.75) is 32.4 Å². The number of hydrogen-bond donors (Lipinski definition) is 1. The molecular weight excluding hydrogens is 446 g/mol. The summed E-state index contributed by atoms with van der Waals surface area (Å²) in [5, 5.41) is 9.94. The van der Waals surface area contributed by atoms with Crippen molar-refractivity contribution in [3.8, 4) is 0 Å². The molecule has 0 spiro atoms. The summed E-state index contributed by atoms with van der Waals surface area (Å²) in [6, 6.07) is 12.2. The number of aromatic nitrogens is 2. The van der Waals surface area contributed by atoms with E-state index in [1.54, 1.807) is 24.4 Å². The summed E-state index contributed by atoms with van der Waals surface area (Å²) in [6.45, 7) is 8.15. The second-order valence-corrected chi connectivity index (χ2v) is 14.9. The number of halogens is 1. The van der Waals surface area contributed by atoms with Crippen molar-refractivity contribution in [1.82, 2.24) is 9.78 Å². The summed E-state index contributed by atoms with van der Waals surface area (Å²) in [4.78, 5) is 12.3. The number of nitrogens with zero attached hydrogens (tertiary/aromatic N) is 2. The maximum Gasteiger partial charge on any atom is 0.376 e. The van der Waals surface area contributed by atoms with Crippen LogP contribution in [-0.2, 0) is 16.2 Å². The highest BCUT2D eigenvalue weighted by atomic mass is 35.5. The molecule has 4 aromatic rings. The van der Waals surface area contributed by atoms with Crippen molar-refractivity contribution in [2.75, 3.05) is 19.0 Å². The minimum Gasteiger partial charge on any atom is -0.463 e. The van der Waals surface area contributed by atoms with Gasteiger partial charge in [-0.1, -0.05) is 31.2 Å². The SMILES string of the molecule is COC(=O)c1oc2ccc(Cl)cc2c1Nc1ccc2c(cnn2COCC[Si](C)(C)C)c1. The minimum atomic E-state index is -1.12. The van der Waals surface area contributed by atoms with E-state index in [2.05, 4.69) is 30.1 Å². The molecule has 1 N–H and O–H groups in total. The highest BCUT2D eigenvalue weighted by molar-refractivity contribution is 6.76. The van der Waals surface area contributed by atoms with Crippen LogP contribution in [0.25, 0.3) is 21.9 Å². The van der Waals surface area contributed by atoms with Gasteiger partial charge in [-0.05, 0) is 42.4 Å². The van der Waals surface area contributed by atoms with Gasteiger partial charge >= 0.3 is 5.97 Å². The highest BCUT2D eigenvalue weighted by Gasteiger charge is 2.22. The van der Waals surface area contributed by atoms with Crippen LogP contribution in [-0.4, -0.2) is 37.5 Å². The summed E-state index contributed by atoms with van der Waals surface area (Å²) in [6.07, 6.45) is 1.80. The van der Waals surface area contributed by atoms with Gasteiger partial charge in [0.25, 0.3) is 0 Å². The second-order valence-electron chi connectivity index (χ2n) is 8.83. The molecule has 2 aromatic carbocycles. The number of esters is 1. The molecule has 0 aliphatic carbocycles. The number of hydrogen-bond acceptors (Lipinski definition) is 6. The maximum atomic E-state index is 12.3. The molecule has 0 atom stereocenters. The van der Waals surface area contributed by atoms with E-state index >= 15 is 0 Å². The lowest BCUT2D eigenvalue weighted by molar-refractivity contribution is 0.0569. The van der Waals surface area contributed by atoms with Crippen molar-refractivity contribution in [3.63, 3.8) is 0 Å². The average Bonchev–Trinajstić information content (AvgIpc) is 3.31. The van der Waals surface area contributed by atoms with E-state index < -0.39 is 14.0 Å². The fraction of sp³-hybridized carbons (Fsp3) is 0.304. The molecule has 168 valence electrons. The summed E-state index contributed by atoms with van der Waals surface area (Å²) >= 11 is 6.17. The number of carbonyl (C=O) groups excluding carboxylic acids is 1. The number of rotatable bonds is 8. The smallest absolute Gasteiger partial charge is 0.376 e. The van der Waals surface area contributed by atoms with Gasteiger partial charge in [-0.2, -0.15) is 5.10 Å². The van der Waals surface area contributed by atoms with E-state index in [4.69, 9.17) is 25.5 Å². The Morgan fingerprint density at radius 3 is 2.78 bits per heavy atom. The Hall–Kier alpha value is -2.81. The molecule has 0 saturated heterocycles. The molecule has 0 aliphatic heterocycles. The molecule has 0 bridgehead atoms. The van der Waals surface area contributed by atoms with Crippen molar-refractivity contribution in [3.05, 3.63) is 53.4 Å². The Bertz CT molecular complexity index is 1280. The van der Waals surface area contributed by atoms with Crippen LogP contribution < -0.4 is 5.32 Å². The van der Waals surface area contributed by atoms with Crippen molar-refractivity contribution >= 4 is 58.9 Å². The fourth-order valence-corrected chi connectivity index (χ4v) is 4.30. The second kappa shape index (κ2) is 8.97. The van der Waals surface area contributed by atoms with Crippen molar-refractivity contribution in [2.24, 2.45) is 0 Å². The largest absolute Gasteiger partial charge is 0.463 e. The Morgan fingerprint density at radius 2 is 2.03 bits per heavy atom. The Balaban J connectivity index is 1.58. The summed E-state index contributed by atoms with van der Waals surface area (Å²) < 4.78 is 18.3. The van der Waals surface area contributed by atoms with E-state index in [-0.39, 0.29) is 5.76 Å². The van der Waals surface area contributed by atoms with E-state index in [1.165, 1.54) is 7.11 Å². The Kier molecular flexibility index (Phi) is 6.28. The predicted octanol–water partition coefficient (Wildman–Crippen LogP) is 6.28. The number of benzene rings is 2. The van der Waals surface area contributed by atoms with Crippen LogP contribution in [0.1, 0.15) is 10.6 Å². The molecule has 4 rings (SSSR count).